The molecular formula is C8H10O3. The predicted octanol–water partition coefficient (Wildman–Crippen LogP) is 0.479. The van der Waals surface area contributed by atoms with Crippen LogP contribution in [0.5, 0.6) is 0 Å². The highest BCUT2D eigenvalue weighted by atomic mass is 16.6. The first kappa shape index (κ1) is 6.00. The van der Waals surface area contributed by atoms with Crippen molar-refractivity contribution in [2.45, 2.75) is 37.6 Å². The molecule has 0 N–H and O–H groups in total. The van der Waals surface area contributed by atoms with Crippen molar-refractivity contribution in [1.29, 1.82) is 0 Å². The van der Waals surface area contributed by atoms with Gasteiger partial charge in [-0.25, -0.2) is 0 Å². The van der Waals surface area contributed by atoms with Crippen molar-refractivity contribution in [1.82, 2.24) is 0 Å². The summed E-state index contributed by atoms with van der Waals surface area (Å²) in [6.45, 7) is 2.00. The van der Waals surface area contributed by atoms with Crippen LogP contribution in [0, 0.1) is 5.92 Å². The zero-order chi connectivity index (χ0) is 7.64. The van der Waals surface area contributed by atoms with E-state index in [0.29, 0.717) is 6.10 Å². The molecule has 0 aromatic carbocycles. The second-order valence-corrected chi connectivity index (χ2v) is 3.87. The number of hydrogen-bond donors (Lipinski definition) is 0. The molecule has 3 nitrogen and oxygen atoms in total. The van der Waals surface area contributed by atoms with E-state index in [4.69, 9.17) is 9.47 Å². The van der Waals surface area contributed by atoms with E-state index < -0.39 is 0 Å². The van der Waals surface area contributed by atoms with Crippen molar-refractivity contribution in [3.8, 4) is 0 Å². The van der Waals surface area contributed by atoms with Crippen molar-refractivity contribution in [2.24, 2.45) is 5.92 Å². The molecule has 0 aromatic heterocycles. The minimum absolute atomic E-state index is 0.0336. The Balaban J connectivity index is 2.12. The molecule has 0 saturated carbocycles. The zero-order valence-electron chi connectivity index (χ0n) is 6.37. The molecule has 2 bridgehead atoms. The van der Waals surface area contributed by atoms with Crippen LogP contribution in [-0.4, -0.2) is 23.8 Å². The van der Waals surface area contributed by atoms with Gasteiger partial charge in [0.25, 0.3) is 0 Å². The lowest BCUT2D eigenvalue weighted by Gasteiger charge is -2.21. The van der Waals surface area contributed by atoms with Gasteiger partial charge in [0.2, 0.25) is 0 Å². The van der Waals surface area contributed by atoms with Crippen LogP contribution >= 0.6 is 0 Å². The number of ether oxygens (including phenoxy) is 2. The molecule has 4 unspecified atom stereocenters. The molecule has 60 valence electrons. The van der Waals surface area contributed by atoms with Crippen molar-refractivity contribution in [3.63, 3.8) is 0 Å². The third-order valence-electron chi connectivity index (χ3n) is 3.27. The third-order valence-corrected chi connectivity index (χ3v) is 3.27. The Bertz CT molecular complexity index is 237. The highest BCUT2D eigenvalue weighted by Crippen LogP contribution is 2.53. The molecule has 3 saturated heterocycles. The number of fused-ring (bicyclic) bond motifs is 1. The fraction of sp³-hybridized carbons (Fsp3) is 0.875. The Morgan fingerprint density at radius 2 is 2.36 bits per heavy atom. The minimum atomic E-state index is -0.262. The van der Waals surface area contributed by atoms with Gasteiger partial charge in [0.15, 0.2) is 0 Å². The second kappa shape index (κ2) is 1.46. The van der Waals surface area contributed by atoms with Gasteiger partial charge in [-0.05, 0) is 13.3 Å². The molecule has 0 aliphatic carbocycles. The maximum atomic E-state index is 11.2. The van der Waals surface area contributed by atoms with Crippen LogP contribution in [0.1, 0.15) is 19.8 Å². The normalized spacial score (nSPS) is 58.6. The van der Waals surface area contributed by atoms with Crippen molar-refractivity contribution in [3.05, 3.63) is 0 Å². The molecule has 11 heavy (non-hydrogen) atoms. The average Bonchev–Trinajstić information content (AvgIpc) is 2.39. The van der Waals surface area contributed by atoms with Crippen LogP contribution in [0.2, 0.25) is 0 Å². The first-order valence-corrected chi connectivity index (χ1v) is 4.08. The van der Waals surface area contributed by atoms with Crippen molar-refractivity contribution < 1.29 is 14.3 Å². The molecule has 3 aliphatic heterocycles. The van der Waals surface area contributed by atoms with E-state index in [2.05, 4.69) is 0 Å². The lowest BCUT2D eigenvalue weighted by atomic mass is 9.80. The molecule has 3 aliphatic rings. The van der Waals surface area contributed by atoms with Gasteiger partial charge in [-0.3, -0.25) is 4.79 Å². The van der Waals surface area contributed by atoms with E-state index in [0.717, 1.165) is 12.8 Å². The highest BCUT2D eigenvalue weighted by molar-refractivity contribution is 5.78. The molecule has 0 amide bonds. The lowest BCUT2D eigenvalue weighted by molar-refractivity contribution is -0.143. The Morgan fingerprint density at radius 3 is 2.91 bits per heavy atom. The Morgan fingerprint density at radius 1 is 1.55 bits per heavy atom. The minimum Gasteiger partial charge on any atom is -0.459 e. The molecule has 3 rings (SSSR count). The van der Waals surface area contributed by atoms with Crippen LogP contribution in [0.15, 0.2) is 0 Å². The van der Waals surface area contributed by atoms with Gasteiger partial charge >= 0.3 is 5.97 Å². The van der Waals surface area contributed by atoms with Gasteiger partial charge in [0.1, 0.15) is 11.7 Å². The quantitative estimate of drug-likeness (QED) is 0.476. The highest BCUT2D eigenvalue weighted by Gasteiger charge is 2.66. The monoisotopic (exact) mass is 154 g/mol. The van der Waals surface area contributed by atoms with E-state index in [1.807, 2.05) is 6.92 Å². The fourth-order valence-corrected chi connectivity index (χ4v) is 2.62. The van der Waals surface area contributed by atoms with E-state index in [9.17, 15) is 4.79 Å². The third kappa shape index (κ3) is 0.495. The fourth-order valence-electron chi connectivity index (χ4n) is 2.62. The van der Waals surface area contributed by atoms with Crippen LogP contribution in [0.25, 0.3) is 0 Å². The maximum absolute atomic E-state index is 11.2. The first-order chi connectivity index (χ1) is 5.20. The predicted molar refractivity (Wildman–Crippen MR) is 35.9 cm³/mol. The summed E-state index contributed by atoms with van der Waals surface area (Å²) in [5.74, 6) is -0.0104. The Hall–Kier alpha value is -0.570. The number of carbonyl (C=O) groups is 1. The van der Waals surface area contributed by atoms with Crippen LogP contribution < -0.4 is 0 Å². The van der Waals surface area contributed by atoms with E-state index >= 15 is 0 Å². The molecule has 0 radical (unpaired) electrons. The van der Waals surface area contributed by atoms with Gasteiger partial charge in [-0.1, -0.05) is 0 Å². The molecule has 4 atom stereocenters. The summed E-state index contributed by atoms with van der Waals surface area (Å²) >= 11 is 0. The number of rotatable bonds is 0. The molecule has 0 spiro atoms. The number of esters is 1. The standard InChI is InChI=1S/C8H10O3/c1-8-5-2-4(11-8)3-6(8)10-7(5)9/h4-6H,2-3H2,1H3. The van der Waals surface area contributed by atoms with Crippen molar-refractivity contribution in [2.75, 3.05) is 0 Å². The van der Waals surface area contributed by atoms with Gasteiger partial charge in [-0.2, -0.15) is 0 Å². The average molecular weight is 154 g/mol. The SMILES string of the molecule is CC12OC3CC1OC(=O)C2C3. The van der Waals surface area contributed by atoms with E-state index in [-0.39, 0.29) is 23.6 Å². The summed E-state index contributed by atoms with van der Waals surface area (Å²) in [7, 11) is 0. The molecule has 0 aromatic rings. The summed E-state index contributed by atoms with van der Waals surface area (Å²) in [6.07, 6.45) is 2.14. The maximum Gasteiger partial charge on any atom is 0.312 e. The summed E-state index contributed by atoms with van der Waals surface area (Å²) < 4.78 is 10.8. The Kier molecular flexibility index (Phi) is 0.796. The van der Waals surface area contributed by atoms with Gasteiger partial charge in [-0.15, -0.1) is 0 Å². The molecule has 3 heteroatoms. The smallest absolute Gasteiger partial charge is 0.312 e. The van der Waals surface area contributed by atoms with Gasteiger partial charge < -0.3 is 9.47 Å². The van der Waals surface area contributed by atoms with Crippen LogP contribution in [-0.2, 0) is 14.3 Å². The van der Waals surface area contributed by atoms with Crippen LogP contribution in [0.3, 0.4) is 0 Å². The topological polar surface area (TPSA) is 35.5 Å². The zero-order valence-corrected chi connectivity index (χ0v) is 6.37. The second-order valence-electron chi connectivity index (χ2n) is 3.87. The summed E-state index contributed by atoms with van der Waals surface area (Å²) in [4.78, 5) is 11.2. The number of hydrogen-bond acceptors (Lipinski definition) is 3. The van der Waals surface area contributed by atoms with E-state index in [1.165, 1.54) is 0 Å². The lowest BCUT2D eigenvalue weighted by Crippen LogP contribution is -2.36. The summed E-state index contributed by atoms with van der Waals surface area (Å²) in [6, 6.07) is 0. The van der Waals surface area contributed by atoms with Crippen LogP contribution in [0.4, 0.5) is 0 Å². The largest absolute Gasteiger partial charge is 0.459 e. The van der Waals surface area contributed by atoms with E-state index in [1.54, 1.807) is 0 Å². The van der Waals surface area contributed by atoms with Gasteiger partial charge in [0, 0.05) is 6.42 Å². The number of carbonyl (C=O) groups excluding carboxylic acids is 1. The van der Waals surface area contributed by atoms with Crippen molar-refractivity contribution >= 4 is 5.97 Å². The molecule has 3 fully saturated rings. The summed E-state index contributed by atoms with van der Waals surface area (Å²) in [5.41, 5.74) is -0.262. The first-order valence-electron chi connectivity index (χ1n) is 4.08. The van der Waals surface area contributed by atoms with Gasteiger partial charge in [0.05, 0.1) is 12.0 Å². The summed E-state index contributed by atoms with van der Waals surface area (Å²) in [5, 5.41) is 0. The Labute approximate surface area is 64.7 Å². The molecular weight excluding hydrogens is 144 g/mol. The molecule has 3 heterocycles.